The summed E-state index contributed by atoms with van der Waals surface area (Å²) in [5.41, 5.74) is 2.20. The van der Waals surface area contributed by atoms with Crippen molar-refractivity contribution in [2.24, 2.45) is 0 Å². The average Bonchev–Trinajstić information content (AvgIpc) is 2.86. The molecule has 0 unspecified atom stereocenters. The molecular formula is C28H22F6N2O. The zero-order chi connectivity index (χ0) is 26.6. The van der Waals surface area contributed by atoms with Gasteiger partial charge in [-0.2, -0.15) is 26.3 Å². The molecule has 4 rings (SSSR count). The van der Waals surface area contributed by atoms with Gasteiger partial charge in [0, 0.05) is 18.3 Å². The zero-order valence-corrected chi connectivity index (χ0v) is 19.4. The summed E-state index contributed by atoms with van der Waals surface area (Å²) >= 11 is 0. The van der Waals surface area contributed by atoms with Crippen LogP contribution in [-0.2, 0) is 30.1 Å². The van der Waals surface area contributed by atoms with Crippen molar-refractivity contribution < 1.29 is 31.1 Å². The first-order chi connectivity index (χ1) is 17.5. The Balaban J connectivity index is 1.61. The highest BCUT2D eigenvalue weighted by Crippen LogP contribution is 2.33. The molecule has 3 aromatic carbocycles. The van der Waals surface area contributed by atoms with E-state index in [-0.39, 0.29) is 0 Å². The fourth-order valence-electron chi connectivity index (χ4n) is 4.09. The van der Waals surface area contributed by atoms with Crippen molar-refractivity contribution in [3.8, 4) is 0 Å². The number of allylic oxidation sites excluding steroid dienone is 2. The molecule has 37 heavy (non-hydrogen) atoms. The summed E-state index contributed by atoms with van der Waals surface area (Å²) in [6.45, 7) is 1.50. The number of alkyl halides is 6. The van der Waals surface area contributed by atoms with Crippen molar-refractivity contribution in [1.82, 2.24) is 5.32 Å². The maximum Gasteiger partial charge on any atom is 0.416 e. The predicted molar refractivity (Wildman–Crippen MR) is 130 cm³/mol. The second-order valence-electron chi connectivity index (χ2n) is 8.45. The molecule has 0 spiro atoms. The molecular weight excluding hydrogens is 494 g/mol. The van der Waals surface area contributed by atoms with E-state index in [2.05, 4.69) is 10.6 Å². The Labute approximate surface area is 209 Å². The van der Waals surface area contributed by atoms with Gasteiger partial charge in [0.2, 0.25) is 5.91 Å². The second kappa shape index (κ2) is 10.6. The lowest BCUT2D eigenvalue weighted by molar-refractivity contribution is -0.138. The Morgan fingerprint density at radius 2 is 1.38 bits per heavy atom. The summed E-state index contributed by atoms with van der Waals surface area (Å²) in [5, 5.41) is 6.10. The van der Waals surface area contributed by atoms with E-state index >= 15 is 0 Å². The van der Waals surface area contributed by atoms with Crippen molar-refractivity contribution in [3.05, 3.63) is 118 Å². The number of rotatable bonds is 5. The van der Waals surface area contributed by atoms with Crippen LogP contribution in [0.25, 0.3) is 5.57 Å². The molecule has 0 saturated carbocycles. The molecule has 0 fully saturated rings. The van der Waals surface area contributed by atoms with Crippen LogP contribution in [-0.4, -0.2) is 12.5 Å². The molecule has 0 radical (unpaired) electrons. The molecule has 1 heterocycles. The number of hydrogen-bond donors (Lipinski definition) is 2. The lowest BCUT2D eigenvalue weighted by Gasteiger charge is -2.20. The monoisotopic (exact) mass is 516 g/mol. The number of amides is 1. The first-order valence-corrected chi connectivity index (χ1v) is 11.4. The van der Waals surface area contributed by atoms with Gasteiger partial charge in [0.25, 0.3) is 0 Å². The molecule has 0 bridgehead atoms. The number of anilines is 1. The van der Waals surface area contributed by atoms with Gasteiger partial charge in [-0.15, -0.1) is 0 Å². The van der Waals surface area contributed by atoms with Crippen LogP contribution in [0.1, 0.15) is 33.4 Å². The molecule has 3 aromatic rings. The van der Waals surface area contributed by atoms with Crippen LogP contribution in [0.3, 0.4) is 0 Å². The van der Waals surface area contributed by atoms with E-state index < -0.39 is 29.4 Å². The number of carbonyl (C=O) groups excluding carboxylic acids is 1. The lowest BCUT2D eigenvalue weighted by atomic mass is 9.95. The van der Waals surface area contributed by atoms with E-state index in [1.165, 1.54) is 42.5 Å². The van der Waals surface area contributed by atoms with Crippen LogP contribution in [0, 0.1) is 0 Å². The first-order valence-electron chi connectivity index (χ1n) is 11.4. The van der Waals surface area contributed by atoms with Gasteiger partial charge in [-0.25, -0.2) is 0 Å². The number of nitrogens with one attached hydrogen (secondary N) is 2. The summed E-state index contributed by atoms with van der Waals surface area (Å²) in [5.74, 6) is -0.414. The summed E-state index contributed by atoms with van der Waals surface area (Å²) in [6.07, 6.45) is -4.13. The van der Waals surface area contributed by atoms with Crippen LogP contribution < -0.4 is 10.6 Å². The maximum absolute atomic E-state index is 13.0. The summed E-state index contributed by atoms with van der Waals surface area (Å²) < 4.78 is 78.0. The van der Waals surface area contributed by atoms with Gasteiger partial charge < -0.3 is 10.6 Å². The van der Waals surface area contributed by atoms with Gasteiger partial charge in [-0.05, 0) is 71.1 Å². The van der Waals surface area contributed by atoms with Crippen LogP contribution >= 0.6 is 0 Å². The second-order valence-corrected chi connectivity index (χ2v) is 8.45. The van der Waals surface area contributed by atoms with E-state index in [1.54, 1.807) is 0 Å². The average molecular weight is 516 g/mol. The number of halogens is 6. The topological polar surface area (TPSA) is 41.1 Å². The van der Waals surface area contributed by atoms with E-state index in [1.807, 2.05) is 18.2 Å². The molecule has 3 nitrogen and oxygen atoms in total. The minimum absolute atomic E-state index is 0.349. The van der Waals surface area contributed by atoms with Crippen molar-refractivity contribution in [1.29, 1.82) is 0 Å². The van der Waals surface area contributed by atoms with Crippen molar-refractivity contribution in [2.75, 3.05) is 11.9 Å². The Kier molecular flexibility index (Phi) is 7.54. The van der Waals surface area contributed by atoms with Crippen LogP contribution in [0.2, 0.25) is 0 Å². The molecule has 2 N–H and O–H groups in total. The lowest BCUT2D eigenvalue weighted by Crippen LogP contribution is -2.25. The van der Waals surface area contributed by atoms with Crippen LogP contribution in [0.5, 0.6) is 0 Å². The molecule has 1 aliphatic heterocycles. The maximum atomic E-state index is 13.0. The van der Waals surface area contributed by atoms with E-state index in [0.29, 0.717) is 28.9 Å². The fourth-order valence-corrected chi connectivity index (χ4v) is 4.09. The van der Waals surface area contributed by atoms with E-state index in [4.69, 9.17) is 0 Å². The van der Waals surface area contributed by atoms with Crippen molar-refractivity contribution in [2.45, 2.75) is 25.3 Å². The van der Waals surface area contributed by atoms with Crippen molar-refractivity contribution in [3.63, 3.8) is 0 Å². The number of hydrogen-bond acceptors (Lipinski definition) is 2. The Hall–Kier alpha value is -3.85. The molecule has 1 amide bonds. The van der Waals surface area contributed by atoms with Crippen molar-refractivity contribution >= 4 is 17.2 Å². The summed E-state index contributed by atoms with van der Waals surface area (Å²) in [7, 11) is 0. The molecule has 0 aliphatic carbocycles. The highest BCUT2D eigenvalue weighted by molar-refractivity contribution is 6.00. The van der Waals surface area contributed by atoms with Gasteiger partial charge in [-0.3, -0.25) is 4.79 Å². The minimum atomic E-state index is -4.53. The number of fused-ring (bicyclic) bond motifs is 1. The fraction of sp³-hybridized carbons (Fsp3) is 0.179. The Morgan fingerprint density at radius 1 is 0.811 bits per heavy atom. The third kappa shape index (κ3) is 6.48. The zero-order valence-electron chi connectivity index (χ0n) is 19.4. The largest absolute Gasteiger partial charge is 0.416 e. The summed E-state index contributed by atoms with van der Waals surface area (Å²) in [6, 6.07) is 14.2. The van der Waals surface area contributed by atoms with Gasteiger partial charge in [0.1, 0.15) is 0 Å². The normalized spacial score (nSPS) is 13.8. The highest BCUT2D eigenvalue weighted by Gasteiger charge is 2.31. The van der Waals surface area contributed by atoms with E-state index in [0.717, 1.165) is 48.4 Å². The SMILES string of the molecule is O=C(C=CC=C(c1ccc(C(F)(F)F)cc1)c1ccc(C(F)(F)F)cc1)Nc1cccc2c1CCNC2. The first kappa shape index (κ1) is 26.2. The van der Waals surface area contributed by atoms with E-state index in [9.17, 15) is 31.1 Å². The molecule has 0 atom stereocenters. The molecule has 1 aliphatic rings. The van der Waals surface area contributed by atoms with Gasteiger partial charge in [0.15, 0.2) is 0 Å². The Morgan fingerprint density at radius 3 is 1.92 bits per heavy atom. The quantitative estimate of drug-likeness (QED) is 0.218. The third-order valence-electron chi connectivity index (χ3n) is 5.96. The van der Waals surface area contributed by atoms with Crippen LogP contribution in [0.15, 0.2) is 85.0 Å². The summed E-state index contributed by atoms with van der Waals surface area (Å²) in [4.78, 5) is 12.6. The molecule has 192 valence electrons. The standard InChI is InChI=1S/C28H22F6N2O/c29-27(30,31)21-11-7-18(8-12-21)23(19-9-13-22(14-10-19)28(32,33)34)4-2-6-26(37)36-25-5-1-3-20-17-35-16-15-24(20)25/h1-14,35H,15-17H2,(H,36,37). The van der Waals surface area contributed by atoms with Gasteiger partial charge >= 0.3 is 12.4 Å². The van der Waals surface area contributed by atoms with Crippen LogP contribution in [0.4, 0.5) is 32.0 Å². The molecule has 0 saturated heterocycles. The number of benzene rings is 3. The van der Waals surface area contributed by atoms with Gasteiger partial charge in [-0.1, -0.05) is 48.6 Å². The molecule has 9 heteroatoms. The minimum Gasteiger partial charge on any atom is -0.322 e. The highest BCUT2D eigenvalue weighted by atomic mass is 19.4. The Bertz CT molecular complexity index is 1260. The molecule has 0 aromatic heterocycles. The number of carbonyl (C=O) groups is 1. The third-order valence-corrected chi connectivity index (χ3v) is 5.96. The predicted octanol–water partition coefficient (Wildman–Crippen LogP) is 7.00. The smallest absolute Gasteiger partial charge is 0.322 e. The van der Waals surface area contributed by atoms with Gasteiger partial charge in [0.05, 0.1) is 11.1 Å².